The molecule has 9 heteroatoms. The number of fused-ring (bicyclic) bond motifs is 1. The zero-order valence-electron chi connectivity index (χ0n) is 17.8. The first-order chi connectivity index (χ1) is 14.8. The summed E-state index contributed by atoms with van der Waals surface area (Å²) in [5.41, 5.74) is 0.0385. The van der Waals surface area contributed by atoms with Gasteiger partial charge in [-0.05, 0) is 56.6 Å². The normalized spacial score (nSPS) is 18.4. The van der Waals surface area contributed by atoms with Gasteiger partial charge in [0.05, 0.1) is 6.04 Å². The van der Waals surface area contributed by atoms with Gasteiger partial charge < -0.3 is 10.6 Å². The molecule has 2 N–H and O–H groups in total. The van der Waals surface area contributed by atoms with Gasteiger partial charge in [0.1, 0.15) is 5.82 Å². The Kier molecular flexibility index (Phi) is 7.22. The second-order valence-electron chi connectivity index (χ2n) is 8.04. The Hall–Kier alpha value is -2.13. The van der Waals surface area contributed by atoms with Crippen molar-refractivity contribution in [3.63, 3.8) is 0 Å². The molecule has 1 saturated heterocycles. The Bertz CT molecular complexity index is 880. The zero-order valence-corrected chi connectivity index (χ0v) is 18.7. The summed E-state index contributed by atoms with van der Waals surface area (Å²) in [6, 6.07) is 4.75. The van der Waals surface area contributed by atoms with Crippen LogP contribution in [0.25, 0.3) is 0 Å². The van der Waals surface area contributed by atoms with Gasteiger partial charge in [-0.15, -0.1) is 11.3 Å². The molecule has 1 fully saturated rings. The molecule has 2 aromatic heterocycles. The number of guanidine groups is 1. The number of hydrogen-bond acceptors (Lipinski definition) is 5. The van der Waals surface area contributed by atoms with Gasteiger partial charge in [-0.25, -0.2) is 9.48 Å². The highest BCUT2D eigenvalue weighted by molar-refractivity contribution is 7.10. The van der Waals surface area contributed by atoms with Gasteiger partial charge in [-0.2, -0.15) is 5.10 Å². The quantitative estimate of drug-likeness (QED) is 0.379. The van der Waals surface area contributed by atoms with Crippen molar-refractivity contribution >= 4 is 17.3 Å². The first kappa shape index (κ1) is 21.1. The van der Waals surface area contributed by atoms with Crippen molar-refractivity contribution in [3.8, 4) is 0 Å². The molecule has 0 saturated carbocycles. The first-order valence-corrected chi connectivity index (χ1v) is 12.0. The fraction of sp³-hybridized carbons (Fsp3) is 0.667. The maximum absolute atomic E-state index is 12.4. The summed E-state index contributed by atoms with van der Waals surface area (Å²) in [7, 11) is 1.80. The molecular weight excluding hydrogens is 398 g/mol. The molecule has 0 aromatic carbocycles. The minimum Gasteiger partial charge on any atom is -0.356 e. The van der Waals surface area contributed by atoms with E-state index in [0.717, 1.165) is 57.1 Å². The Labute approximate surface area is 182 Å². The van der Waals surface area contributed by atoms with Crippen molar-refractivity contribution in [1.82, 2.24) is 29.9 Å². The van der Waals surface area contributed by atoms with Gasteiger partial charge in [0.2, 0.25) is 0 Å². The van der Waals surface area contributed by atoms with E-state index in [1.807, 2.05) is 15.9 Å². The highest BCUT2D eigenvalue weighted by Gasteiger charge is 2.24. The minimum absolute atomic E-state index is 0.0385. The summed E-state index contributed by atoms with van der Waals surface area (Å²) in [4.78, 5) is 20.8. The first-order valence-electron chi connectivity index (χ1n) is 11.1. The van der Waals surface area contributed by atoms with Crippen molar-refractivity contribution in [2.45, 2.75) is 57.7 Å². The fourth-order valence-electron chi connectivity index (χ4n) is 4.39. The number of nitrogens with one attached hydrogen (secondary N) is 2. The number of nitrogens with zero attached hydrogens (tertiary/aromatic N) is 5. The average molecular weight is 432 g/mol. The molecule has 0 radical (unpaired) electrons. The van der Waals surface area contributed by atoms with Crippen LogP contribution in [0.3, 0.4) is 0 Å². The van der Waals surface area contributed by atoms with Crippen LogP contribution in [0.5, 0.6) is 0 Å². The molecule has 4 rings (SSSR count). The number of aliphatic imine (C=N–C) groups is 1. The molecule has 30 heavy (non-hydrogen) atoms. The molecule has 0 spiro atoms. The Balaban J connectivity index is 1.25. The highest BCUT2D eigenvalue weighted by atomic mass is 32.1. The van der Waals surface area contributed by atoms with Crippen LogP contribution in [0.1, 0.15) is 48.8 Å². The van der Waals surface area contributed by atoms with E-state index >= 15 is 0 Å². The predicted octanol–water partition coefficient (Wildman–Crippen LogP) is 1.83. The molecule has 1 unspecified atom stereocenters. The number of likely N-dealkylation sites (tertiary alicyclic amines) is 1. The molecule has 2 aliphatic heterocycles. The lowest BCUT2D eigenvalue weighted by atomic mass is 10.2. The van der Waals surface area contributed by atoms with E-state index in [-0.39, 0.29) is 5.69 Å². The maximum atomic E-state index is 12.4. The molecule has 4 heterocycles. The molecule has 2 aromatic rings. The van der Waals surface area contributed by atoms with Crippen molar-refractivity contribution < 1.29 is 0 Å². The number of aromatic nitrogens is 3. The van der Waals surface area contributed by atoms with Crippen LogP contribution in [-0.2, 0) is 19.5 Å². The number of rotatable bonds is 8. The second kappa shape index (κ2) is 10.3. The number of thiophene rings is 1. The third-order valence-corrected chi connectivity index (χ3v) is 6.98. The number of hydrogen-bond donors (Lipinski definition) is 2. The van der Waals surface area contributed by atoms with Crippen LogP contribution < -0.4 is 16.3 Å². The van der Waals surface area contributed by atoms with Crippen LogP contribution in [0.15, 0.2) is 27.3 Å². The molecule has 164 valence electrons. The van der Waals surface area contributed by atoms with Crippen LogP contribution in [-0.4, -0.2) is 58.4 Å². The lowest BCUT2D eigenvalue weighted by Gasteiger charge is -2.27. The smallest absolute Gasteiger partial charge is 0.345 e. The van der Waals surface area contributed by atoms with Gasteiger partial charge >= 0.3 is 5.69 Å². The monoisotopic (exact) mass is 431 g/mol. The van der Waals surface area contributed by atoms with Gasteiger partial charge in [0.25, 0.3) is 0 Å². The summed E-state index contributed by atoms with van der Waals surface area (Å²) < 4.78 is 3.46. The van der Waals surface area contributed by atoms with Gasteiger partial charge in [0, 0.05) is 44.5 Å². The topological polar surface area (TPSA) is 79.5 Å². The predicted molar refractivity (Wildman–Crippen MR) is 121 cm³/mol. The van der Waals surface area contributed by atoms with E-state index in [1.165, 1.54) is 30.8 Å². The number of aryl methyl sites for hydroxylation is 2. The van der Waals surface area contributed by atoms with Crippen LogP contribution in [0.4, 0.5) is 0 Å². The molecule has 8 nitrogen and oxygen atoms in total. The summed E-state index contributed by atoms with van der Waals surface area (Å²) in [6.45, 7) is 5.37. The molecule has 0 amide bonds. The second-order valence-corrected chi connectivity index (χ2v) is 9.02. The summed E-state index contributed by atoms with van der Waals surface area (Å²) in [5.74, 6) is 1.76. The van der Waals surface area contributed by atoms with Crippen molar-refractivity contribution in [2.24, 2.45) is 4.99 Å². The summed E-state index contributed by atoms with van der Waals surface area (Å²) in [6.07, 6.45) is 6.52. The molecule has 0 aliphatic carbocycles. The average Bonchev–Trinajstić information content (AvgIpc) is 3.53. The molecule has 0 bridgehead atoms. The maximum Gasteiger partial charge on any atom is 0.345 e. The summed E-state index contributed by atoms with van der Waals surface area (Å²) >= 11 is 1.83. The summed E-state index contributed by atoms with van der Waals surface area (Å²) in [5, 5.41) is 13.5. The van der Waals surface area contributed by atoms with E-state index in [0.29, 0.717) is 12.6 Å². The lowest BCUT2D eigenvalue weighted by Crippen LogP contribution is -2.43. The third kappa shape index (κ3) is 4.95. The lowest BCUT2D eigenvalue weighted by molar-refractivity contribution is 0.249. The Morgan fingerprint density at radius 2 is 2.07 bits per heavy atom. The fourth-order valence-corrected chi connectivity index (χ4v) is 5.25. The van der Waals surface area contributed by atoms with Crippen LogP contribution in [0, 0.1) is 0 Å². The van der Waals surface area contributed by atoms with Gasteiger partial charge in [-0.1, -0.05) is 6.07 Å². The van der Waals surface area contributed by atoms with Crippen molar-refractivity contribution in [3.05, 3.63) is 38.7 Å². The molecule has 2 aliphatic rings. The highest BCUT2D eigenvalue weighted by Crippen LogP contribution is 2.27. The molecular formula is C21H33N7OS. The van der Waals surface area contributed by atoms with Crippen LogP contribution in [0.2, 0.25) is 0 Å². The largest absolute Gasteiger partial charge is 0.356 e. The third-order valence-electron chi connectivity index (χ3n) is 6.01. The Morgan fingerprint density at radius 3 is 2.80 bits per heavy atom. The minimum atomic E-state index is 0.0385. The van der Waals surface area contributed by atoms with E-state index in [4.69, 9.17) is 0 Å². The van der Waals surface area contributed by atoms with Crippen molar-refractivity contribution in [1.29, 1.82) is 0 Å². The van der Waals surface area contributed by atoms with Gasteiger partial charge in [0.15, 0.2) is 5.96 Å². The van der Waals surface area contributed by atoms with E-state index in [1.54, 1.807) is 11.7 Å². The standard InChI is InChI=1S/C21H33N7OS/c1-22-20(24-16-17(18-8-6-15-30-18)26-11-4-5-12-26)23-10-7-14-28-21(29)27-13-3-2-9-19(27)25-28/h6,8,15,17H,2-5,7,9-14,16H2,1H3,(H2,22,23,24). The van der Waals surface area contributed by atoms with Crippen LogP contribution >= 0.6 is 11.3 Å². The van der Waals surface area contributed by atoms with E-state index < -0.39 is 0 Å². The Morgan fingerprint density at radius 1 is 1.23 bits per heavy atom. The van der Waals surface area contributed by atoms with E-state index in [2.05, 4.69) is 43.1 Å². The SMILES string of the molecule is CN=C(NCCCn1nc2n(c1=O)CCCC2)NCC(c1cccs1)N1CCCC1. The van der Waals surface area contributed by atoms with Gasteiger partial charge in [-0.3, -0.25) is 14.5 Å². The zero-order chi connectivity index (χ0) is 20.8. The van der Waals surface area contributed by atoms with Crippen molar-refractivity contribution in [2.75, 3.05) is 33.2 Å². The van der Waals surface area contributed by atoms with E-state index in [9.17, 15) is 4.79 Å². The molecule has 1 atom stereocenters.